The number of pyridine rings is 1. The molecule has 148 valence electrons. The van der Waals surface area contributed by atoms with Gasteiger partial charge in [0.1, 0.15) is 0 Å². The summed E-state index contributed by atoms with van der Waals surface area (Å²) in [5, 5.41) is 3.57. The van der Waals surface area contributed by atoms with E-state index in [0.29, 0.717) is 10.9 Å². The van der Waals surface area contributed by atoms with Crippen LogP contribution >= 0.6 is 0 Å². The number of aryl methyl sites for hydroxylation is 1. The number of hydrogen-bond acceptors (Lipinski definition) is 4. The van der Waals surface area contributed by atoms with E-state index in [-0.39, 0.29) is 17.5 Å². The maximum Gasteiger partial charge on any atom is 0.339 e. The Balaban J connectivity index is 1.49. The van der Waals surface area contributed by atoms with Crippen LogP contribution in [0.1, 0.15) is 47.3 Å². The van der Waals surface area contributed by atoms with Crippen molar-refractivity contribution >= 4 is 22.8 Å². The molecule has 6 heteroatoms. The lowest BCUT2D eigenvalue weighted by atomic mass is 9.87. The summed E-state index contributed by atoms with van der Waals surface area (Å²) < 4.78 is 5.39. The molecule has 3 aromatic rings. The zero-order valence-electron chi connectivity index (χ0n) is 16.1. The summed E-state index contributed by atoms with van der Waals surface area (Å²) in [5.74, 6) is -1.05. The fraction of sp³-hybridized carbons (Fsp3) is 0.261. The molecule has 2 N–H and O–H groups in total. The largest absolute Gasteiger partial charge is 0.449 e. The highest BCUT2D eigenvalue weighted by molar-refractivity contribution is 6.03. The number of para-hydroxylation sites is 1. The molecule has 0 bridgehead atoms. The van der Waals surface area contributed by atoms with Crippen molar-refractivity contribution in [2.45, 2.75) is 38.3 Å². The van der Waals surface area contributed by atoms with Gasteiger partial charge >= 0.3 is 5.97 Å². The Morgan fingerprint density at radius 1 is 1.14 bits per heavy atom. The summed E-state index contributed by atoms with van der Waals surface area (Å²) in [6.07, 6.45) is 1.87. The van der Waals surface area contributed by atoms with E-state index in [1.165, 1.54) is 18.6 Å². The monoisotopic (exact) mass is 390 g/mol. The molecular weight excluding hydrogens is 368 g/mol. The molecule has 1 amide bonds. The summed E-state index contributed by atoms with van der Waals surface area (Å²) in [6.45, 7) is 1.54. The predicted octanol–water partition coefficient (Wildman–Crippen LogP) is 3.27. The van der Waals surface area contributed by atoms with Crippen molar-refractivity contribution in [2.75, 3.05) is 0 Å². The highest BCUT2D eigenvalue weighted by Crippen LogP contribution is 2.29. The highest BCUT2D eigenvalue weighted by atomic mass is 16.5. The number of amides is 1. The first-order valence-electron chi connectivity index (χ1n) is 9.74. The van der Waals surface area contributed by atoms with Gasteiger partial charge in [0, 0.05) is 17.0 Å². The lowest BCUT2D eigenvalue weighted by molar-refractivity contribution is -0.130. The Hall–Kier alpha value is -3.41. The summed E-state index contributed by atoms with van der Waals surface area (Å²) in [7, 11) is 0. The summed E-state index contributed by atoms with van der Waals surface area (Å²) >= 11 is 0. The van der Waals surface area contributed by atoms with Gasteiger partial charge in [-0.25, -0.2) is 4.79 Å². The smallest absolute Gasteiger partial charge is 0.339 e. The summed E-state index contributed by atoms with van der Waals surface area (Å²) in [6, 6.07) is 16.2. The van der Waals surface area contributed by atoms with Crippen LogP contribution in [0.15, 0.2) is 59.4 Å². The van der Waals surface area contributed by atoms with Crippen molar-refractivity contribution < 1.29 is 14.3 Å². The average Bonchev–Trinajstić information content (AvgIpc) is 2.73. The molecule has 0 saturated heterocycles. The van der Waals surface area contributed by atoms with Crippen molar-refractivity contribution in [3.8, 4) is 0 Å². The van der Waals surface area contributed by atoms with Gasteiger partial charge in [-0.2, -0.15) is 0 Å². The molecule has 0 unspecified atom stereocenters. The molecule has 1 aliphatic carbocycles. The number of aromatic nitrogens is 1. The molecule has 29 heavy (non-hydrogen) atoms. The Labute approximate surface area is 167 Å². The number of carbonyl (C=O) groups is 2. The molecule has 4 rings (SSSR count). The third kappa shape index (κ3) is 3.92. The van der Waals surface area contributed by atoms with Gasteiger partial charge in [0.2, 0.25) is 5.56 Å². The molecule has 2 aromatic carbocycles. The topological polar surface area (TPSA) is 88.3 Å². The molecule has 2 atom stereocenters. The maximum atomic E-state index is 12.7. The molecule has 0 saturated carbocycles. The molecule has 1 aliphatic rings. The number of rotatable bonds is 4. The number of H-pyrrole nitrogens is 1. The van der Waals surface area contributed by atoms with E-state index >= 15 is 0 Å². The number of carbonyl (C=O) groups excluding carboxylic acids is 2. The van der Waals surface area contributed by atoms with Crippen LogP contribution in [-0.4, -0.2) is 23.0 Å². The minimum Gasteiger partial charge on any atom is -0.449 e. The van der Waals surface area contributed by atoms with Crippen molar-refractivity contribution in [1.29, 1.82) is 0 Å². The Kier molecular flexibility index (Phi) is 5.16. The maximum absolute atomic E-state index is 12.7. The van der Waals surface area contributed by atoms with Crippen LogP contribution in [0.2, 0.25) is 0 Å². The van der Waals surface area contributed by atoms with Gasteiger partial charge in [-0.3, -0.25) is 9.59 Å². The zero-order valence-corrected chi connectivity index (χ0v) is 16.1. The lowest BCUT2D eigenvalue weighted by Gasteiger charge is -2.27. The van der Waals surface area contributed by atoms with Crippen LogP contribution in [0.25, 0.3) is 10.9 Å². The number of nitrogens with one attached hydrogen (secondary N) is 2. The summed E-state index contributed by atoms with van der Waals surface area (Å²) in [4.78, 5) is 39.9. The van der Waals surface area contributed by atoms with Crippen molar-refractivity contribution in [3.05, 3.63) is 81.6 Å². The van der Waals surface area contributed by atoms with Crippen LogP contribution in [0, 0.1) is 0 Å². The second-order valence-electron chi connectivity index (χ2n) is 7.29. The van der Waals surface area contributed by atoms with Gasteiger partial charge in [0.25, 0.3) is 5.91 Å². The van der Waals surface area contributed by atoms with E-state index in [0.717, 1.165) is 24.8 Å². The standard InChI is InChI=1S/C23H22N2O4/c1-14(22(27)25-19-12-6-8-15-7-2-3-9-16(15)19)29-23(28)18-13-21(26)24-20-11-5-4-10-17(18)20/h2-5,7,9-11,13-14,19H,6,8,12H2,1H3,(H,24,26)(H,25,27)/t14-,19-/m1/s1. The van der Waals surface area contributed by atoms with Gasteiger partial charge in [-0.1, -0.05) is 42.5 Å². The first-order valence-corrected chi connectivity index (χ1v) is 9.74. The second kappa shape index (κ2) is 7.91. The normalized spacial score (nSPS) is 16.7. The fourth-order valence-electron chi connectivity index (χ4n) is 3.84. The van der Waals surface area contributed by atoms with Crippen LogP contribution in [0.3, 0.4) is 0 Å². The molecule has 1 heterocycles. The lowest BCUT2D eigenvalue weighted by Crippen LogP contribution is -2.39. The van der Waals surface area contributed by atoms with Crippen molar-refractivity contribution in [2.24, 2.45) is 0 Å². The van der Waals surface area contributed by atoms with Crippen LogP contribution in [0.4, 0.5) is 0 Å². The van der Waals surface area contributed by atoms with Gasteiger partial charge in [-0.15, -0.1) is 0 Å². The first-order chi connectivity index (χ1) is 14.0. The molecule has 0 fully saturated rings. The van der Waals surface area contributed by atoms with E-state index < -0.39 is 17.6 Å². The molecular formula is C23H22N2O4. The van der Waals surface area contributed by atoms with Gasteiger partial charge in [0.05, 0.1) is 11.6 Å². The number of hydrogen-bond donors (Lipinski definition) is 2. The van der Waals surface area contributed by atoms with Crippen LogP contribution in [0.5, 0.6) is 0 Å². The van der Waals surface area contributed by atoms with Gasteiger partial charge < -0.3 is 15.0 Å². The van der Waals surface area contributed by atoms with E-state index in [2.05, 4.69) is 16.4 Å². The number of ether oxygens (including phenoxy) is 1. The van der Waals surface area contributed by atoms with Crippen molar-refractivity contribution in [1.82, 2.24) is 10.3 Å². The van der Waals surface area contributed by atoms with Gasteiger partial charge in [0.15, 0.2) is 6.10 Å². The molecule has 6 nitrogen and oxygen atoms in total. The van der Waals surface area contributed by atoms with Crippen molar-refractivity contribution in [3.63, 3.8) is 0 Å². The third-order valence-corrected chi connectivity index (χ3v) is 5.31. The first kappa shape index (κ1) is 18.9. The van der Waals surface area contributed by atoms with E-state index in [1.807, 2.05) is 18.2 Å². The third-order valence-electron chi connectivity index (χ3n) is 5.31. The molecule has 1 aromatic heterocycles. The second-order valence-corrected chi connectivity index (χ2v) is 7.29. The molecule has 0 aliphatic heterocycles. The number of benzene rings is 2. The van der Waals surface area contributed by atoms with E-state index in [1.54, 1.807) is 24.3 Å². The fourth-order valence-corrected chi connectivity index (χ4v) is 3.84. The molecule has 0 radical (unpaired) electrons. The van der Waals surface area contributed by atoms with Gasteiger partial charge in [-0.05, 0) is 43.4 Å². The zero-order chi connectivity index (χ0) is 20.4. The Bertz CT molecular complexity index is 1130. The molecule has 0 spiro atoms. The minimum atomic E-state index is -0.977. The van der Waals surface area contributed by atoms with E-state index in [9.17, 15) is 14.4 Å². The van der Waals surface area contributed by atoms with E-state index in [4.69, 9.17) is 4.74 Å². The highest BCUT2D eigenvalue weighted by Gasteiger charge is 2.26. The number of aromatic amines is 1. The SMILES string of the molecule is C[C@@H](OC(=O)c1cc(=O)[nH]c2ccccc12)C(=O)N[C@@H]1CCCc2ccccc21. The Morgan fingerprint density at radius 2 is 1.90 bits per heavy atom. The number of esters is 1. The summed E-state index contributed by atoms with van der Waals surface area (Å²) in [5.41, 5.74) is 2.65. The predicted molar refractivity (Wildman–Crippen MR) is 110 cm³/mol. The van der Waals surface area contributed by atoms with Crippen LogP contribution < -0.4 is 10.9 Å². The minimum absolute atomic E-state index is 0.0889. The quantitative estimate of drug-likeness (QED) is 0.669. The Morgan fingerprint density at radius 3 is 2.76 bits per heavy atom. The van der Waals surface area contributed by atoms with Crippen LogP contribution in [-0.2, 0) is 16.0 Å². The number of fused-ring (bicyclic) bond motifs is 2. The average molecular weight is 390 g/mol.